The molecule has 1 saturated heterocycles. The van der Waals surface area contributed by atoms with Crippen LogP contribution in [-0.4, -0.2) is 41.6 Å². The van der Waals surface area contributed by atoms with Crippen molar-refractivity contribution >= 4 is 23.3 Å². The number of nitrogens with zero attached hydrogens (tertiary/aromatic N) is 1. The Balaban J connectivity index is 1.82. The molecule has 0 atom stereocenters. The van der Waals surface area contributed by atoms with Crippen molar-refractivity contribution in [1.82, 2.24) is 10.2 Å². The Kier molecular flexibility index (Phi) is 4.88. The average molecular weight is 310 g/mol. The van der Waals surface area contributed by atoms with Gasteiger partial charge in [0.1, 0.15) is 0 Å². The van der Waals surface area contributed by atoms with E-state index in [4.69, 9.17) is 5.11 Å². The minimum Gasteiger partial charge on any atom is -0.481 e. The van der Waals surface area contributed by atoms with Gasteiger partial charge in [-0.2, -0.15) is 0 Å². The second-order valence-electron chi connectivity index (χ2n) is 6.12. The number of hydrogen-bond acceptors (Lipinski definition) is 3. The highest BCUT2D eigenvalue weighted by Crippen LogP contribution is 2.26. The Labute approximate surface area is 129 Å². The first-order valence-corrected chi connectivity index (χ1v) is 8.08. The van der Waals surface area contributed by atoms with Crippen LogP contribution in [0.5, 0.6) is 0 Å². The number of thiophene rings is 1. The van der Waals surface area contributed by atoms with Gasteiger partial charge in [0.25, 0.3) is 0 Å². The van der Waals surface area contributed by atoms with Crippen LogP contribution in [0.4, 0.5) is 4.79 Å². The monoisotopic (exact) mass is 310 g/mol. The van der Waals surface area contributed by atoms with E-state index in [-0.39, 0.29) is 17.4 Å². The van der Waals surface area contributed by atoms with Crippen LogP contribution < -0.4 is 5.32 Å². The molecule has 2 N–H and O–H groups in total. The van der Waals surface area contributed by atoms with Crippen LogP contribution in [0.2, 0.25) is 0 Å². The number of nitrogens with one attached hydrogen (secondary N) is 1. The maximum absolute atomic E-state index is 12.2. The zero-order chi connectivity index (χ0) is 15.5. The molecule has 1 aromatic heterocycles. The quantitative estimate of drug-likeness (QED) is 0.898. The van der Waals surface area contributed by atoms with E-state index < -0.39 is 5.97 Å². The number of carboxylic acids is 1. The average Bonchev–Trinajstić information content (AvgIpc) is 3.00. The van der Waals surface area contributed by atoms with Crippen molar-refractivity contribution in [2.75, 3.05) is 19.6 Å². The molecular formula is C15H22N2O3S. The molecule has 0 radical (unpaired) electrons. The lowest BCUT2D eigenvalue weighted by atomic mass is 9.91. The highest BCUT2D eigenvalue weighted by Gasteiger charge is 2.28. The summed E-state index contributed by atoms with van der Waals surface area (Å²) in [5, 5.41) is 14.0. The molecule has 2 rings (SSSR count). The summed E-state index contributed by atoms with van der Waals surface area (Å²) >= 11 is 1.69. The summed E-state index contributed by atoms with van der Waals surface area (Å²) in [6, 6.07) is 4.00. The number of amides is 2. The third-order valence-corrected chi connectivity index (χ3v) is 5.24. The number of hydrogen-bond donors (Lipinski definition) is 2. The zero-order valence-corrected chi connectivity index (χ0v) is 13.3. The van der Waals surface area contributed by atoms with Crippen LogP contribution in [0.25, 0.3) is 0 Å². The van der Waals surface area contributed by atoms with Crippen LogP contribution >= 0.6 is 11.3 Å². The van der Waals surface area contributed by atoms with Gasteiger partial charge in [0, 0.05) is 29.9 Å². The van der Waals surface area contributed by atoms with E-state index in [1.807, 2.05) is 11.4 Å². The lowest BCUT2D eigenvalue weighted by Crippen LogP contribution is -2.48. The fourth-order valence-electron chi connectivity index (χ4n) is 2.49. The second kappa shape index (κ2) is 6.47. The fourth-order valence-corrected chi connectivity index (χ4v) is 3.34. The summed E-state index contributed by atoms with van der Waals surface area (Å²) in [4.78, 5) is 26.0. The predicted octanol–water partition coefficient (Wildman–Crippen LogP) is 2.53. The Bertz CT molecular complexity index is 491. The van der Waals surface area contributed by atoms with E-state index in [9.17, 15) is 9.59 Å². The number of carboxylic acid groups (broad SMARTS) is 1. The van der Waals surface area contributed by atoms with Crippen molar-refractivity contribution < 1.29 is 14.7 Å². The van der Waals surface area contributed by atoms with Gasteiger partial charge in [0.2, 0.25) is 0 Å². The lowest BCUT2D eigenvalue weighted by molar-refractivity contribution is -0.143. The standard InChI is InChI=1S/C15H22N2O3S/c1-15(2,12-4-3-9-21-12)10-16-14(20)17-7-5-11(6-8-17)13(18)19/h3-4,9,11H,5-8,10H2,1-2H3,(H,16,20)(H,18,19). The van der Waals surface area contributed by atoms with Crippen molar-refractivity contribution in [3.8, 4) is 0 Å². The van der Waals surface area contributed by atoms with E-state index in [0.29, 0.717) is 32.5 Å². The molecule has 6 heteroatoms. The third kappa shape index (κ3) is 3.97. The SMILES string of the molecule is CC(C)(CNC(=O)N1CCC(C(=O)O)CC1)c1cccs1. The molecular weight excluding hydrogens is 288 g/mol. The maximum atomic E-state index is 12.2. The Morgan fingerprint density at radius 2 is 2.10 bits per heavy atom. The van der Waals surface area contributed by atoms with Crippen molar-refractivity contribution in [2.24, 2.45) is 5.92 Å². The van der Waals surface area contributed by atoms with Gasteiger partial charge >= 0.3 is 12.0 Å². The van der Waals surface area contributed by atoms with Gasteiger partial charge in [0.15, 0.2) is 0 Å². The van der Waals surface area contributed by atoms with Crippen molar-refractivity contribution in [1.29, 1.82) is 0 Å². The molecule has 1 fully saturated rings. The first kappa shape index (κ1) is 15.8. The van der Waals surface area contributed by atoms with Crippen molar-refractivity contribution in [2.45, 2.75) is 32.1 Å². The molecule has 0 bridgehead atoms. The second-order valence-corrected chi connectivity index (χ2v) is 7.07. The van der Waals surface area contributed by atoms with Gasteiger partial charge < -0.3 is 15.3 Å². The van der Waals surface area contributed by atoms with Gasteiger partial charge in [0.05, 0.1) is 5.92 Å². The van der Waals surface area contributed by atoms with Crippen LogP contribution in [0.15, 0.2) is 17.5 Å². The maximum Gasteiger partial charge on any atom is 0.317 e. The van der Waals surface area contributed by atoms with Gasteiger partial charge in [-0.3, -0.25) is 4.79 Å². The van der Waals surface area contributed by atoms with E-state index in [0.717, 1.165) is 0 Å². The molecule has 0 saturated carbocycles. The summed E-state index contributed by atoms with van der Waals surface area (Å²) in [5.41, 5.74) is -0.0940. The largest absolute Gasteiger partial charge is 0.481 e. The summed E-state index contributed by atoms with van der Waals surface area (Å²) in [6.07, 6.45) is 1.08. The molecule has 1 aliphatic heterocycles. The Morgan fingerprint density at radius 1 is 1.43 bits per heavy atom. The van der Waals surface area contributed by atoms with E-state index in [1.165, 1.54) is 4.88 Å². The first-order chi connectivity index (χ1) is 9.90. The fraction of sp³-hybridized carbons (Fsp3) is 0.600. The van der Waals surface area contributed by atoms with Crippen molar-refractivity contribution in [3.63, 3.8) is 0 Å². The van der Waals surface area contributed by atoms with E-state index >= 15 is 0 Å². The van der Waals surface area contributed by atoms with Crippen LogP contribution in [0.1, 0.15) is 31.6 Å². The smallest absolute Gasteiger partial charge is 0.317 e. The zero-order valence-electron chi connectivity index (χ0n) is 12.5. The normalized spacial score (nSPS) is 16.8. The number of carbonyl (C=O) groups is 2. The predicted molar refractivity (Wildman–Crippen MR) is 82.7 cm³/mol. The highest BCUT2D eigenvalue weighted by atomic mass is 32.1. The molecule has 5 nitrogen and oxygen atoms in total. The van der Waals surface area contributed by atoms with Gasteiger partial charge in [-0.05, 0) is 24.3 Å². The van der Waals surface area contributed by atoms with E-state index in [1.54, 1.807) is 16.2 Å². The van der Waals surface area contributed by atoms with Gasteiger partial charge in [-0.15, -0.1) is 11.3 Å². The molecule has 1 aliphatic rings. The number of piperidine rings is 1. The molecule has 0 aliphatic carbocycles. The number of aliphatic carboxylic acids is 1. The Hall–Kier alpha value is -1.56. The van der Waals surface area contributed by atoms with Crippen LogP contribution in [0.3, 0.4) is 0 Å². The molecule has 21 heavy (non-hydrogen) atoms. The Morgan fingerprint density at radius 3 is 2.62 bits per heavy atom. The number of rotatable bonds is 4. The lowest BCUT2D eigenvalue weighted by Gasteiger charge is -2.32. The summed E-state index contributed by atoms with van der Waals surface area (Å²) < 4.78 is 0. The number of carbonyl (C=O) groups excluding carboxylic acids is 1. The number of urea groups is 1. The molecule has 2 amide bonds. The molecule has 0 aromatic carbocycles. The first-order valence-electron chi connectivity index (χ1n) is 7.20. The minimum absolute atomic E-state index is 0.0940. The summed E-state index contributed by atoms with van der Waals surface area (Å²) in [6.45, 7) is 5.82. The molecule has 1 aromatic rings. The molecule has 2 heterocycles. The topological polar surface area (TPSA) is 69.6 Å². The van der Waals surface area contributed by atoms with Crippen molar-refractivity contribution in [3.05, 3.63) is 22.4 Å². The van der Waals surface area contributed by atoms with Gasteiger partial charge in [-0.1, -0.05) is 19.9 Å². The highest BCUT2D eigenvalue weighted by molar-refractivity contribution is 7.10. The van der Waals surface area contributed by atoms with E-state index in [2.05, 4.69) is 25.2 Å². The number of likely N-dealkylation sites (tertiary alicyclic amines) is 1. The molecule has 0 spiro atoms. The molecule has 116 valence electrons. The van der Waals surface area contributed by atoms with Gasteiger partial charge in [-0.25, -0.2) is 4.79 Å². The molecule has 0 unspecified atom stereocenters. The van der Waals surface area contributed by atoms with Crippen LogP contribution in [0, 0.1) is 5.92 Å². The summed E-state index contributed by atoms with van der Waals surface area (Å²) in [5.74, 6) is -1.06. The van der Waals surface area contributed by atoms with Crippen LogP contribution in [-0.2, 0) is 10.2 Å². The third-order valence-electron chi connectivity index (χ3n) is 4.00. The minimum atomic E-state index is -0.756. The summed E-state index contributed by atoms with van der Waals surface area (Å²) in [7, 11) is 0.